The van der Waals surface area contributed by atoms with Crippen molar-refractivity contribution in [3.8, 4) is 0 Å². The molecule has 1 heterocycles. The number of hydrogen-bond acceptors (Lipinski definition) is 1. The van der Waals surface area contributed by atoms with Crippen LogP contribution in [0.1, 0.15) is 29.9 Å². The van der Waals surface area contributed by atoms with Crippen LogP contribution in [-0.2, 0) is 11.2 Å². The van der Waals surface area contributed by atoms with Crippen molar-refractivity contribution in [1.82, 2.24) is 4.90 Å². The molecule has 2 nitrogen and oxygen atoms in total. The van der Waals surface area contributed by atoms with Gasteiger partial charge in [-0.25, -0.2) is 0 Å². The maximum absolute atomic E-state index is 12.8. The van der Waals surface area contributed by atoms with Crippen LogP contribution in [0.4, 0.5) is 0 Å². The van der Waals surface area contributed by atoms with Crippen molar-refractivity contribution in [2.45, 2.75) is 25.2 Å². The lowest BCUT2D eigenvalue weighted by atomic mass is 9.92. The molecule has 1 aromatic rings. The van der Waals surface area contributed by atoms with Gasteiger partial charge in [0.1, 0.15) is 0 Å². The van der Waals surface area contributed by atoms with Gasteiger partial charge in [0.05, 0.1) is 0 Å². The highest BCUT2D eigenvalue weighted by Gasteiger charge is 2.58. The number of carbonyl (C=O) groups excluding carboxylic acids is 1. The van der Waals surface area contributed by atoms with Gasteiger partial charge in [0.2, 0.25) is 5.91 Å². The number of likely N-dealkylation sites (tertiary alicyclic amines) is 1. The van der Waals surface area contributed by atoms with E-state index in [1.54, 1.807) is 0 Å². The van der Waals surface area contributed by atoms with E-state index in [9.17, 15) is 4.79 Å². The number of alkyl halides is 1. The summed E-state index contributed by atoms with van der Waals surface area (Å²) in [5.74, 6) is 2.52. The van der Waals surface area contributed by atoms with E-state index in [0.717, 1.165) is 31.3 Å². The van der Waals surface area contributed by atoms with Gasteiger partial charge < -0.3 is 4.90 Å². The van der Waals surface area contributed by atoms with Crippen LogP contribution in [0.5, 0.6) is 0 Å². The number of fused-ring (bicyclic) bond motifs is 3. The third kappa shape index (κ3) is 1.93. The molecule has 2 aliphatic carbocycles. The molecule has 3 aliphatic rings. The third-order valence-corrected chi connectivity index (χ3v) is 6.35. The van der Waals surface area contributed by atoms with E-state index >= 15 is 0 Å². The number of amides is 1. The summed E-state index contributed by atoms with van der Waals surface area (Å²) in [4.78, 5) is 14.9. The molecule has 2 fully saturated rings. The van der Waals surface area contributed by atoms with E-state index in [1.807, 2.05) is 0 Å². The van der Waals surface area contributed by atoms with Gasteiger partial charge in [0, 0.05) is 24.3 Å². The molecule has 0 aromatic heterocycles. The lowest BCUT2D eigenvalue weighted by Crippen LogP contribution is -2.31. The summed E-state index contributed by atoms with van der Waals surface area (Å²) >= 11 is 3.55. The van der Waals surface area contributed by atoms with Crippen molar-refractivity contribution < 1.29 is 4.79 Å². The van der Waals surface area contributed by atoms with Crippen LogP contribution in [0.15, 0.2) is 24.3 Å². The Morgan fingerprint density at radius 3 is 2.95 bits per heavy atom. The predicted octanol–water partition coefficient (Wildman–Crippen LogP) is 3.21. The summed E-state index contributed by atoms with van der Waals surface area (Å²) in [5.41, 5.74) is 2.93. The molecule has 4 unspecified atom stereocenters. The summed E-state index contributed by atoms with van der Waals surface area (Å²) in [6.07, 6.45) is 3.52. The highest BCUT2D eigenvalue weighted by Crippen LogP contribution is 2.60. The first-order valence-electron chi connectivity index (χ1n) is 7.72. The van der Waals surface area contributed by atoms with Crippen molar-refractivity contribution in [2.75, 3.05) is 18.4 Å². The van der Waals surface area contributed by atoms with Crippen LogP contribution in [0.3, 0.4) is 0 Å². The third-order valence-electron chi connectivity index (χ3n) is 5.43. The van der Waals surface area contributed by atoms with Crippen molar-refractivity contribution in [3.63, 3.8) is 0 Å². The minimum atomic E-state index is 0.285. The molecule has 4 atom stereocenters. The van der Waals surface area contributed by atoms with Crippen LogP contribution in [-0.4, -0.2) is 29.2 Å². The second-order valence-electron chi connectivity index (χ2n) is 6.55. The summed E-state index contributed by atoms with van der Waals surface area (Å²) < 4.78 is 0. The standard InChI is InChI=1S/C17H20BrNO/c18-9-11-7-8-19(10-11)17(20)16-14-6-5-12-3-1-2-4-13(12)15(14)16/h1-4,11,14-16H,5-10H2. The fourth-order valence-corrected chi connectivity index (χ4v) is 4.80. The zero-order valence-corrected chi connectivity index (χ0v) is 13.2. The molecule has 1 aliphatic heterocycles. The number of nitrogens with zero attached hydrogens (tertiary/aromatic N) is 1. The molecule has 1 aromatic carbocycles. The summed E-state index contributed by atoms with van der Waals surface area (Å²) in [7, 11) is 0. The summed E-state index contributed by atoms with van der Waals surface area (Å²) in [6, 6.07) is 8.73. The molecule has 1 saturated heterocycles. The fraction of sp³-hybridized carbons (Fsp3) is 0.588. The van der Waals surface area contributed by atoms with Crippen LogP contribution in [0.25, 0.3) is 0 Å². The Morgan fingerprint density at radius 2 is 2.15 bits per heavy atom. The van der Waals surface area contributed by atoms with Gasteiger partial charge in [-0.1, -0.05) is 40.2 Å². The van der Waals surface area contributed by atoms with Crippen LogP contribution in [0.2, 0.25) is 0 Å². The number of carbonyl (C=O) groups is 1. The molecule has 0 N–H and O–H groups in total. The normalized spacial score (nSPS) is 34.5. The maximum Gasteiger partial charge on any atom is 0.226 e. The fourth-order valence-electron chi connectivity index (χ4n) is 4.27. The molecular weight excluding hydrogens is 314 g/mol. The molecule has 1 amide bonds. The first-order valence-corrected chi connectivity index (χ1v) is 8.84. The Balaban J connectivity index is 1.51. The molecule has 3 heteroatoms. The summed E-state index contributed by atoms with van der Waals surface area (Å²) in [6.45, 7) is 1.92. The number of aryl methyl sites for hydroxylation is 1. The first-order chi connectivity index (χ1) is 9.79. The molecule has 0 bridgehead atoms. The molecule has 0 spiro atoms. The van der Waals surface area contributed by atoms with Crippen molar-refractivity contribution in [1.29, 1.82) is 0 Å². The average molecular weight is 334 g/mol. The van der Waals surface area contributed by atoms with Crippen molar-refractivity contribution in [2.24, 2.45) is 17.8 Å². The van der Waals surface area contributed by atoms with Crippen molar-refractivity contribution in [3.05, 3.63) is 35.4 Å². The molecule has 1 saturated carbocycles. The zero-order valence-electron chi connectivity index (χ0n) is 11.6. The Bertz CT molecular complexity index is 544. The van der Waals surface area contributed by atoms with Gasteiger partial charge >= 0.3 is 0 Å². The largest absolute Gasteiger partial charge is 0.342 e. The minimum Gasteiger partial charge on any atom is -0.342 e. The van der Waals surface area contributed by atoms with Crippen molar-refractivity contribution >= 4 is 21.8 Å². The number of halogens is 1. The molecular formula is C17H20BrNO. The van der Waals surface area contributed by atoms with Crippen LogP contribution in [0, 0.1) is 17.8 Å². The lowest BCUT2D eigenvalue weighted by molar-refractivity contribution is -0.132. The first kappa shape index (κ1) is 12.9. The second kappa shape index (κ2) is 4.87. The van der Waals surface area contributed by atoms with Gasteiger partial charge in [0.15, 0.2) is 0 Å². The SMILES string of the molecule is O=C(C1C2CCc3ccccc3C21)N1CCC(CBr)C1. The monoisotopic (exact) mass is 333 g/mol. The van der Waals surface area contributed by atoms with Gasteiger partial charge in [-0.15, -0.1) is 0 Å². The second-order valence-corrected chi connectivity index (χ2v) is 7.19. The minimum absolute atomic E-state index is 0.285. The average Bonchev–Trinajstić information content (AvgIpc) is 3.04. The number of rotatable bonds is 2. The van der Waals surface area contributed by atoms with E-state index in [4.69, 9.17) is 0 Å². The van der Waals surface area contributed by atoms with E-state index < -0.39 is 0 Å². The Labute approximate surface area is 128 Å². The molecule has 0 radical (unpaired) electrons. The van der Waals surface area contributed by atoms with E-state index in [0.29, 0.717) is 23.7 Å². The van der Waals surface area contributed by atoms with E-state index in [2.05, 4.69) is 45.1 Å². The van der Waals surface area contributed by atoms with Gasteiger partial charge in [-0.05, 0) is 48.1 Å². The number of benzene rings is 1. The topological polar surface area (TPSA) is 20.3 Å². The Kier molecular flexibility index (Phi) is 3.13. The smallest absolute Gasteiger partial charge is 0.226 e. The molecule has 106 valence electrons. The molecule has 20 heavy (non-hydrogen) atoms. The Morgan fingerprint density at radius 1 is 1.30 bits per heavy atom. The lowest BCUT2D eigenvalue weighted by Gasteiger charge is -2.16. The number of hydrogen-bond donors (Lipinski definition) is 0. The van der Waals surface area contributed by atoms with Gasteiger partial charge in [-0.2, -0.15) is 0 Å². The zero-order chi connectivity index (χ0) is 13.7. The molecule has 4 rings (SSSR count). The van der Waals surface area contributed by atoms with Crippen LogP contribution >= 0.6 is 15.9 Å². The quantitative estimate of drug-likeness (QED) is 0.761. The highest BCUT2D eigenvalue weighted by molar-refractivity contribution is 9.09. The van der Waals surface area contributed by atoms with E-state index in [-0.39, 0.29) is 5.92 Å². The predicted molar refractivity (Wildman–Crippen MR) is 83.0 cm³/mol. The van der Waals surface area contributed by atoms with Gasteiger partial charge in [0.25, 0.3) is 0 Å². The summed E-state index contributed by atoms with van der Waals surface area (Å²) in [5, 5.41) is 1.02. The van der Waals surface area contributed by atoms with Gasteiger partial charge in [-0.3, -0.25) is 4.79 Å². The highest BCUT2D eigenvalue weighted by atomic mass is 79.9. The Hall–Kier alpha value is -0.830. The maximum atomic E-state index is 12.8. The van der Waals surface area contributed by atoms with Crippen LogP contribution < -0.4 is 0 Å². The van der Waals surface area contributed by atoms with E-state index in [1.165, 1.54) is 17.5 Å².